The molecule has 1 heterocycles. The molecule has 7 rings (SSSR count). The molecule has 1 aliphatic rings. The molecule has 39 heavy (non-hydrogen) atoms. The van der Waals surface area contributed by atoms with Gasteiger partial charge in [0.2, 0.25) is 0 Å². The SMILES string of the molecule is CC1(c2ccccc2)c2cc(-n3c4ccccc4c4ccccc43)ccc2CCc2c1ccc(C#N)c2C#N. The number of para-hydroxylation sites is 2. The molecule has 0 amide bonds. The van der Waals surface area contributed by atoms with E-state index in [4.69, 9.17) is 0 Å². The maximum absolute atomic E-state index is 10.1. The van der Waals surface area contributed by atoms with E-state index in [9.17, 15) is 10.5 Å². The van der Waals surface area contributed by atoms with Crippen LogP contribution in [-0.2, 0) is 18.3 Å². The molecule has 0 fully saturated rings. The van der Waals surface area contributed by atoms with E-state index >= 15 is 0 Å². The highest BCUT2D eigenvalue weighted by molar-refractivity contribution is 6.09. The Morgan fingerprint density at radius 3 is 2.00 bits per heavy atom. The summed E-state index contributed by atoms with van der Waals surface area (Å²) in [7, 11) is 0. The maximum atomic E-state index is 10.1. The van der Waals surface area contributed by atoms with E-state index in [2.05, 4.69) is 121 Å². The molecule has 3 nitrogen and oxygen atoms in total. The largest absolute Gasteiger partial charge is 0.309 e. The Labute approximate surface area is 227 Å². The van der Waals surface area contributed by atoms with Crippen molar-refractivity contribution >= 4 is 21.8 Å². The third-order valence-corrected chi connectivity index (χ3v) is 8.55. The highest BCUT2D eigenvalue weighted by Gasteiger charge is 2.38. The fourth-order valence-electron chi connectivity index (χ4n) is 6.67. The molecule has 5 aromatic carbocycles. The minimum absolute atomic E-state index is 0.448. The quantitative estimate of drug-likeness (QED) is 0.242. The lowest BCUT2D eigenvalue weighted by Crippen LogP contribution is -2.27. The lowest BCUT2D eigenvalue weighted by Gasteiger charge is -2.34. The molecule has 0 saturated heterocycles. The first-order chi connectivity index (χ1) is 19.1. The number of aryl methyl sites for hydroxylation is 1. The molecule has 6 aromatic rings. The van der Waals surface area contributed by atoms with Crippen molar-refractivity contribution in [3.05, 3.63) is 148 Å². The number of aromatic nitrogens is 1. The normalized spacial score (nSPS) is 16.2. The molecular formula is C36H25N3. The summed E-state index contributed by atoms with van der Waals surface area (Å²) >= 11 is 0. The Morgan fingerprint density at radius 2 is 1.33 bits per heavy atom. The second-order valence-electron chi connectivity index (χ2n) is 10.4. The molecule has 0 saturated carbocycles. The highest BCUT2D eigenvalue weighted by Crippen LogP contribution is 2.46. The van der Waals surface area contributed by atoms with Gasteiger partial charge in [0.25, 0.3) is 0 Å². The van der Waals surface area contributed by atoms with Crippen LogP contribution >= 0.6 is 0 Å². The number of nitriles is 2. The number of nitrogens with zero attached hydrogens (tertiary/aromatic N) is 3. The first-order valence-corrected chi connectivity index (χ1v) is 13.3. The van der Waals surface area contributed by atoms with Crippen LogP contribution in [0.2, 0.25) is 0 Å². The van der Waals surface area contributed by atoms with Crippen molar-refractivity contribution in [3.8, 4) is 17.8 Å². The molecule has 0 bridgehead atoms. The van der Waals surface area contributed by atoms with Crippen molar-refractivity contribution < 1.29 is 0 Å². The third-order valence-electron chi connectivity index (χ3n) is 8.55. The lowest BCUT2D eigenvalue weighted by molar-refractivity contribution is 0.686. The summed E-state index contributed by atoms with van der Waals surface area (Å²) in [6.07, 6.45) is 1.53. The maximum Gasteiger partial charge on any atom is 0.101 e. The standard InChI is InChI=1S/C36H25N3/c1-36(26-9-3-2-4-10-26)32-20-17-25(22-37)31(23-38)28(32)19-16-24-15-18-27(21-33(24)36)39-34-13-7-5-11-29(34)30-12-6-8-14-35(30)39/h2-15,17-18,20-21H,16,19H2,1H3. The van der Waals surface area contributed by atoms with Gasteiger partial charge in [0.15, 0.2) is 0 Å². The van der Waals surface area contributed by atoms with Gasteiger partial charge in [-0.1, -0.05) is 78.9 Å². The highest BCUT2D eigenvalue weighted by atomic mass is 15.0. The van der Waals surface area contributed by atoms with E-state index in [1.54, 1.807) is 0 Å². The second-order valence-corrected chi connectivity index (χ2v) is 10.4. The minimum atomic E-state index is -0.503. The number of hydrogen-bond acceptors (Lipinski definition) is 2. The topological polar surface area (TPSA) is 52.5 Å². The summed E-state index contributed by atoms with van der Waals surface area (Å²) in [5, 5.41) is 22.4. The molecule has 0 N–H and O–H groups in total. The van der Waals surface area contributed by atoms with E-state index < -0.39 is 5.41 Å². The van der Waals surface area contributed by atoms with Gasteiger partial charge in [0, 0.05) is 21.9 Å². The van der Waals surface area contributed by atoms with Crippen molar-refractivity contribution in [2.75, 3.05) is 0 Å². The van der Waals surface area contributed by atoms with Crippen molar-refractivity contribution in [1.82, 2.24) is 4.57 Å². The van der Waals surface area contributed by atoms with Crippen molar-refractivity contribution in [2.45, 2.75) is 25.2 Å². The van der Waals surface area contributed by atoms with Crippen molar-refractivity contribution in [2.24, 2.45) is 0 Å². The van der Waals surface area contributed by atoms with Gasteiger partial charge in [0.05, 0.1) is 22.2 Å². The molecule has 1 atom stereocenters. The average molecular weight is 500 g/mol. The van der Waals surface area contributed by atoms with E-state index in [1.165, 1.54) is 38.5 Å². The predicted octanol–water partition coefficient (Wildman–Crippen LogP) is 7.98. The molecule has 0 spiro atoms. The molecule has 0 aliphatic heterocycles. The van der Waals surface area contributed by atoms with Crippen LogP contribution in [0, 0.1) is 22.7 Å². The van der Waals surface area contributed by atoms with Gasteiger partial charge >= 0.3 is 0 Å². The summed E-state index contributed by atoms with van der Waals surface area (Å²) in [5.41, 5.74) is 9.68. The Hall–Kier alpha value is -5.12. The van der Waals surface area contributed by atoms with Gasteiger partial charge in [-0.2, -0.15) is 10.5 Å². The lowest BCUT2D eigenvalue weighted by atomic mass is 9.68. The predicted molar refractivity (Wildman–Crippen MR) is 156 cm³/mol. The van der Waals surface area contributed by atoms with Crippen LogP contribution in [-0.4, -0.2) is 4.57 Å². The van der Waals surface area contributed by atoms with Crippen molar-refractivity contribution in [3.63, 3.8) is 0 Å². The molecule has 1 aliphatic carbocycles. The van der Waals surface area contributed by atoms with Crippen LogP contribution in [0.3, 0.4) is 0 Å². The smallest absolute Gasteiger partial charge is 0.101 e. The van der Waals surface area contributed by atoms with E-state index in [0.717, 1.165) is 29.7 Å². The minimum Gasteiger partial charge on any atom is -0.309 e. The summed E-state index contributed by atoms with van der Waals surface area (Å²) in [4.78, 5) is 0. The zero-order valence-corrected chi connectivity index (χ0v) is 21.6. The van der Waals surface area contributed by atoms with Gasteiger partial charge in [0.1, 0.15) is 12.1 Å². The van der Waals surface area contributed by atoms with Gasteiger partial charge in [-0.15, -0.1) is 0 Å². The fraction of sp³-hybridized carbons (Fsp3) is 0.111. The third kappa shape index (κ3) is 3.27. The van der Waals surface area contributed by atoms with E-state index in [1.807, 2.05) is 12.1 Å². The van der Waals surface area contributed by atoms with Crippen LogP contribution < -0.4 is 0 Å². The number of fused-ring (bicyclic) bond motifs is 5. The van der Waals surface area contributed by atoms with Crippen LogP contribution in [0.15, 0.2) is 109 Å². The van der Waals surface area contributed by atoms with Crippen LogP contribution in [0.1, 0.15) is 45.9 Å². The monoisotopic (exact) mass is 499 g/mol. The number of benzene rings is 5. The van der Waals surface area contributed by atoms with Gasteiger partial charge in [-0.05, 0) is 77.9 Å². The van der Waals surface area contributed by atoms with Gasteiger partial charge in [-0.3, -0.25) is 0 Å². The molecule has 1 aromatic heterocycles. The second kappa shape index (κ2) is 8.73. The molecule has 1 unspecified atom stereocenters. The van der Waals surface area contributed by atoms with Crippen LogP contribution in [0.4, 0.5) is 0 Å². The Balaban J connectivity index is 1.56. The average Bonchev–Trinajstić information content (AvgIpc) is 3.27. The first-order valence-electron chi connectivity index (χ1n) is 13.3. The van der Waals surface area contributed by atoms with Crippen LogP contribution in [0.5, 0.6) is 0 Å². The Kier molecular flexibility index (Phi) is 5.15. The van der Waals surface area contributed by atoms with E-state index in [0.29, 0.717) is 11.1 Å². The molecule has 184 valence electrons. The number of rotatable bonds is 2. The molecule has 3 heteroatoms. The zero-order valence-electron chi connectivity index (χ0n) is 21.6. The number of hydrogen-bond donors (Lipinski definition) is 0. The zero-order chi connectivity index (χ0) is 26.6. The van der Waals surface area contributed by atoms with Crippen molar-refractivity contribution in [1.29, 1.82) is 10.5 Å². The van der Waals surface area contributed by atoms with E-state index in [-0.39, 0.29) is 0 Å². The fourth-order valence-corrected chi connectivity index (χ4v) is 6.67. The van der Waals surface area contributed by atoms with Gasteiger partial charge in [-0.25, -0.2) is 0 Å². The van der Waals surface area contributed by atoms with Gasteiger partial charge < -0.3 is 4.57 Å². The summed E-state index contributed by atoms with van der Waals surface area (Å²) in [5.74, 6) is 0. The Morgan fingerprint density at radius 1 is 0.667 bits per heavy atom. The summed E-state index contributed by atoms with van der Waals surface area (Å²) < 4.78 is 2.36. The summed E-state index contributed by atoms with van der Waals surface area (Å²) in [6, 6.07) is 43.1. The first kappa shape index (κ1) is 23.0. The van der Waals surface area contributed by atoms with Crippen LogP contribution in [0.25, 0.3) is 27.5 Å². The molecular weight excluding hydrogens is 474 g/mol. The molecule has 0 radical (unpaired) electrons. The summed E-state index contributed by atoms with van der Waals surface area (Å²) in [6.45, 7) is 2.27. The Bertz CT molecular complexity index is 1950.